The number of hydrogen-bond acceptors (Lipinski definition) is 4. The molecule has 2 aromatic rings. The van der Waals surface area contributed by atoms with Crippen LogP contribution in [0.2, 0.25) is 0 Å². The van der Waals surface area contributed by atoms with Gasteiger partial charge in [0.25, 0.3) is 0 Å². The van der Waals surface area contributed by atoms with E-state index in [1.807, 2.05) is 18.2 Å². The molecule has 0 bridgehead atoms. The number of pyridine rings is 1. The third-order valence-electron chi connectivity index (χ3n) is 4.40. The number of H-pyrrole nitrogens is 1. The normalized spacial score (nSPS) is 13.8. The number of carbonyl (C=O) groups is 1. The van der Waals surface area contributed by atoms with E-state index < -0.39 is 5.97 Å². The van der Waals surface area contributed by atoms with Crippen LogP contribution in [0.15, 0.2) is 53.9 Å². The highest BCUT2D eigenvalue weighted by Crippen LogP contribution is 2.25. The average Bonchev–Trinajstić information content (AvgIpc) is 3.19. The maximum absolute atomic E-state index is 10.6. The van der Waals surface area contributed by atoms with E-state index in [9.17, 15) is 4.79 Å². The molecule has 0 saturated heterocycles. The Labute approximate surface area is 152 Å². The molecule has 0 fully saturated rings. The lowest BCUT2D eigenvalue weighted by atomic mass is 9.94. The molecule has 2 heterocycles. The first-order valence-corrected chi connectivity index (χ1v) is 8.90. The smallest absolute Gasteiger partial charge is 0.303 e. The lowest BCUT2D eigenvalue weighted by Gasteiger charge is -2.17. The summed E-state index contributed by atoms with van der Waals surface area (Å²) in [6.07, 6.45) is 12.5. The number of unbranched alkanes of at least 4 members (excludes halogenated alkanes) is 1. The first kappa shape index (κ1) is 17.9. The van der Waals surface area contributed by atoms with E-state index in [-0.39, 0.29) is 6.42 Å². The minimum Gasteiger partial charge on any atom is -0.488 e. The zero-order chi connectivity index (χ0) is 18.2. The van der Waals surface area contributed by atoms with Crippen LogP contribution < -0.4 is 4.74 Å². The second kappa shape index (κ2) is 8.99. The molecule has 3 rings (SSSR count). The van der Waals surface area contributed by atoms with Crippen molar-refractivity contribution in [1.29, 1.82) is 0 Å². The third-order valence-corrected chi connectivity index (χ3v) is 4.40. The molecule has 0 radical (unpaired) electrons. The van der Waals surface area contributed by atoms with Gasteiger partial charge in [-0.2, -0.15) is 5.10 Å². The molecule has 0 atom stereocenters. The maximum atomic E-state index is 10.6. The molecule has 2 aromatic heterocycles. The molecule has 1 aliphatic carbocycles. The molecule has 6 heteroatoms. The van der Waals surface area contributed by atoms with E-state index in [4.69, 9.17) is 9.84 Å². The second-order valence-electron chi connectivity index (χ2n) is 6.31. The van der Waals surface area contributed by atoms with Gasteiger partial charge in [0.2, 0.25) is 0 Å². The topological polar surface area (TPSA) is 88.1 Å². The highest BCUT2D eigenvalue weighted by Gasteiger charge is 2.10. The third kappa shape index (κ3) is 5.05. The van der Waals surface area contributed by atoms with Crippen molar-refractivity contribution in [3.05, 3.63) is 53.9 Å². The summed E-state index contributed by atoms with van der Waals surface area (Å²) < 4.78 is 5.92. The molecule has 26 heavy (non-hydrogen) atoms. The number of carboxylic acids is 1. The van der Waals surface area contributed by atoms with E-state index in [0.29, 0.717) is 13.0 Å². The monoisotopic (exact) mass is 353 g/mol. The van der Waals surface area contributed by atoms with E-state index in [1.54, 1.807) is 12.4 Å². The molecular weight excluding hydrogens is 330 g/mol. The summed E-state index contributed by atoms with van der Waals surface area (Å²) in [4.78, 5) is 15.0. The van der Waals surface area contributed by atoms with Crippen molar-refractivity contribution in [2.24, 2.45) is 0 Å². The minimum atomic E-state index is -0.729. The Morgan fingerprint density at radius 2 is 2.19 bits per heavy atom. The van der Waals surface area contributed by atoms with Crippen molar-refractivity contribution >= 4 is 5.97 Å². The van der Waals surface area contributed by atoms with Crippen LogP contribution in [0, 0.1) is 0 Å². The van der Waals surface area contributed by atoms with Gasteiger partial charge < -0.3 is 9.84 Å². The number of carboxylic acid groups (broad SMARTS) is 1. The number of aromatic nitrogens is 3. The predicted molar refractivity (Wildman–Crippen MR) is 98.8 cm³/mol. The Morgan fingerprint density at radius 3 is 2.92 bits per heavy atom. The standard InChI is InChI=1S/C20H23N3O3/c24-20(25)8-4-3-6-15-5-1-2-7-16(15)14-26-17-9-10-18(21-13-17)19-11-12-22-23-19/h1,5,9-13H,2-4,6-8,14H2,(H,22,23)(H,24,25). The van der Waals surface area contributed by atoms with Gasteiger partial charge in [-0.1, -0.05) is 12.2 Å². The first-order chi connectivity index (χ1) is 12.7. The Balaban J connectivity index is 1.55. The van der Waals surface area contributed by atoms with Crippen LogP contribution in [0.4, 0.5) is 0 Å². The Morgan fingerprint density at radius 1 is 1.27 bits per heavy atom. The summed E-state index contributed by atoms with van der Waals surface area (Å²) >= 11 is 0. The minimum absolute atomic E-state index is 0.233. The summed E-state index contributed by atoms with van der Waals surface area (Å²) in [6, 6.07) is 5.69. The molecular formula is C20H23N3O3. The number of ether oxygens (including phenoxy) is 1. The fourth-order valence-corrected chi connectivity index (χ4v) is 2.97. The Bertz CT molecular complexity index is 777. The maximum Gasteiger partial charge on any atom is 0.303 e. The zero-order valence-corrected chi connectivity index (χ0v) is 14.6. The number of aromatic amines is 1. The molecule has 1 aliphatic rings. The quantitative estimate of drug-likeness (QED) is 0.661. The fraction of sp³-hybridized carbons (Fsp3) is 0.350. The van der Waals surface area contributed by atoms with E-state index >= 15 is 0 Å². The summed E-state index contributed by atoms with van der Waals surface area (Å²) in [7, 11) is 0. The van der Waals surface area contributed by atoms with Gasteiger partial charge in [0.15, 0.2) is 0 Å². The van der Waals surface area contributed by atoms with Crippen molar-refractivity contribution in [3.8, 4) is 17.1 Å². The lowest BCUT2D eigenvalue weighted by molar-refractivity contribution is -0.137. The molecule has 2 N–H and O–H groups in total. The highest BCUT2D eigenvalue weighted by molar-refractivity contribution is 5.66. The van der Waals surface area contributed by atoms with Gasteiger partial charge in [-0.25, -0.2) is 0 Å². The molecule has 0 unspecified atom stereocenters. The molecule has 0 spiro atoms. The van der Waals surface area contributed by atoms with Gasteiger partial charge in [-0.3, -0.25) is 14.9 Å². The van der Waals surface area contributed by atoms with Crippen LogP contribution in [0.5, 0.6) is 5.75 Å². The molecule has 0 aliphatic heterocycles. The van der Waals surface area contributed by atoms with E-state index in [1.165, 1.54) is 11.1 Å². The van der Waals surface area contributed by atoms with Crippen LogP contribution in [-0.2, 0) is 4.79 Å². The second-order valence-corrected chi connectivity index (χ2v) is 6.31. The molecule has 0 aromatic carbocycles. The lowest BCUT2D eigenvalue weighted by Crippen LogP contribution is -2.07. The fourth-order valence-electron chi connectivity index (χ4n) is 2.97. The number of nitrogens with one attached hydrogen (secondary N) is 1. The van der Waals surface area contributed by atoms with Gasteiger partial charge in [0.05, 0.1) is 17.6 Å². The first-order valence-electron chi connectivity index (χ1n) is 8.90. The van der Waals surface area contributed by atoms with Gasteiger partial charge >= 0.3 is 5.97 Å². The van der Waals surface area contributed by atoms with Gasteiger partial charge in [-0.05, 0) is 61.4 Å². The summed E-state index contributed by atoms with van der Waals surface area (Å²) in [5, 5.41) is 15.5. The van der Waals surface area contributed by atoms with Gasteiger partial charge in [-0.15, -0.1) is 0 Å². The number of rotatable bonds is 9. The molecule has 6 nitrogen and oxygen atoms in total. The van der Waals surface area contributed by atoms with E-state index in [0.717, 1.165) is 42.8 Å². The van der Waals surface area contributed by atoms with Crippen molar-refractivity contribution in [3.63, 3.8) is 0 Å². The SMILES string of the molecule is O=C(O)CCCCC1=C(COc2ccc(-c3ccn[nH]3)nc2)CCC=C1. The van der Waals surface area contributed by atoms with Crippen LogP contribution in [0.25, 0.3) is 11.4 Å². The van der Waals surface area contributed by atoms with Gasteiger partial charge in [0, 0.05) is 12.6 Å². The summed E-state index contributed by atoms with van der Waals surface area (Å²) in [5.41, 5.74) is 4.28. The van der Waals surface area contributed by atoms with Crippen LogP contribution >= 0.6 is 0 Å². The molecule has 0 saturated carbocycles. The number of hydrogen-bond donors (Lipinski definition) is 2. The van der Waals surface area contributed by atoms with Crippen molar-refractivity contribution in [2.75, 3.05) is 6.61 Å². The Hall–Kier alpha value is -2.89. The summed E-state index contributed by atoms with van der Waals surface area (Å²) in [6.45, 7) is 0.545. The highest BCUT2D eigenvalue weighted by atomic mass is 16.5. The number of allylic oxidation sites excluding steroid dienone is 3. The number of nitrogens with zero attached hydrogens (tertiary/aromatic N) is 2. The van der Waals surface area contributed by atoms with Crippen LogP contribution in [0.1, 0.15) is 38.5 Å². The zero-order valence-electron chi connectivity index (χ0n) is 14.6. The van der Waals surface area contributed by atoms with E-state index in [2.05, 4.69) is 27.3 Å². The number of aliphatic carboxylic acids is 1. The molecule has 0 amide bonds. The predicted octanol–water partition coefficient (Wildman–Crippen LogP) is 4.14. The van der Waals surface area contributed by atoms with Gasteiger partial charge in [0.1, 0.15) is 12.4 Å². The summed E-state index contributed by atoms with van der Waals surface area (Å²) in [5.74, 6) is 0.00773. The average molecular weight is 353 g/mol. The Kier molecular flexibility index (Phi) is 6.19. The largest absolute Gasteiger partial charge is 0.488 e. The van der Waals surface area contributed by atoms with Crippen molar-refractivity contribution < 1.29 is 14.6 Å². The van der Waals surface area contributed by atoms with Crippen molar-refractivity contribution in [1.82, 2.24) is 15.2 Å². The molecule has 136 valence electrons. The van der Waals surface area contributed by atoms with Crippen LogP contribution in [0.3, 0.4) is 0 Å². The van der Waals surface area contributed by atoms with Crippen LogP contribution in [-0.4, -0.2) is 32.9 Å². The van der Waals surface area contributed by atoms with Crippen molar-refractivity contribution in [2.45, 2.75) is 38.5 Å².